The molecule has 1 aliphatic rings. The number of carbonyl (C=O) groups is 2. The molecular weight excluding hydrogens is 290 g/mol. The summed E-state index contributed by atoms with van der Waals surface area (Å²) in [5.74, 6) is 0.381. The van der Waals surface area contributed by atoms with Crippen molar-refractivity contribution in [3.63, 3.8) is 0 Å². The van der Waals surface area contributed by atoms with Crippen LogP contribution in [-0.4, -0.2) is 18.3 Å². The number of anilines is 1. The van der Waals surface area contributed by atoms with E-state index < -0.39 is 0 Å². The number of fused-ring (bicyclic) bond motifs is 1. The minimum atomic E-state index is -0.316. The molecule has 0 radical (unpaired) electrons. The molecule has 0 spiro atoms. The minimum Gasteiger partial charge on any atom is -0.494 e. The van der Waals surface area contributed by atoms with Crippen LogP contribution in [0.25, 0.3) is 0 Å². The van der Waals surface area contributed by atoms with Gasteiger partial charge in [0, 0.05) is 23.6 Å². The standard InChI is InChI=1S/C19H19NO3/c1-2-23-16-9-7-15(8-10-16)20-19(22)14-11-13-5-3-4-6-17(13)18(21)12-14/h3-10,14H,2,11-12H2,1H3,(H,20,22). The molecule has 2 aromatic rings. The molecule has 0 heterocycles. The van der Waals surface area contributed by atoms with Crippen molar-refractivity contribution in [1.82, 2.24) is 0 Å². The van der Waals surface area contributed by atoms with Crippen molar-refractivity contribution in [3.8, 4) is 5.75 Å². The molecule has 3 rings (SSSR count). The fourth-order valence-electron chi connectivity index (χ4n) is 2.87. The van der Waals surface area contributed by atoms with Crippen molar-refractivity contribution in [3.05, 3.63) is 59.7 Å². The Morgan fingerprint density at radius 1 is 1.13 bits per heavy atom. The van der Waals surface area contributed by atoms with E-state index in [2.05, 4.69) is 5.32 Å². The molecule has 118 valence electrons. The van der Waals surface area contributed by atoms with Gasteiger partial charge in [-0.15, -0.1) is 0 Å². The number of amides is 1. The van der Waals surface area contributed by atoms with Crippen molar-refractivity contribution in [2.24, 2.45) is 5.92 Å². The predicted octanol–water partition coefficient (Wildman–Crippen LogP) is 3.47. The first kappa shape index (κ1) is 15.3. The van der Waals surface area contributed by atoms with E-state index in [0.29, 0.717) is 18.7 Å². The van der Waals surface area contributed by atoms with Crippen LogP contribution in [0.4, 0.5) is 5.69 Å². The summed E-state index contributed by atoms with van der Waals surface area (Å²) in [6, 6.07) is 14.8. The van der Waals surface area contributed by atoms with Crippen LogP contribution >= 0.6 is 0 Å². The highest BCUT2D eigenvalue weighted by molar-refractivity contribution is 6.03. The Labute approximate surface area is 135 Å². The molecule has 0 aliphatic heterocycles. The van der Waals surface area contributed by atoms with Crippen LogP contribution < -0.4 is 10.1 Å². The Bertz CT molecular complexity index is 722. The third-order valence-electron chi connectivity index (χ3n) is 4.02. The van der Waals surface area contributed by atoms with Crippen LogP contribution in [0.15, 0.2) is 48.5 Å². The molecule has 0 saturated heterocycles. The third kappa shape index (κ3) is 3.42. The largest absolute Gasteiger partial charge is 0.494 e. The molecule has 0 aromatic heterocycles. The molecule has 1 N–H and O–H groups in total. The summed E-state index contributed by atoms with van der Waals surface area (Å²) in [6.45, 7) is 2.53. The number of ether oxygens (including phenoxy) is 1. The van der Waals surface area contributed by atoms with Gasteiger partial charge in [0.2, 0.25) is 5.91 Å². The van der Waals surface area contributed by atoms with Crippen molar-refractivity contribution in [1.29, 1.82) is 0 Å². The Morgan fingerprint density at radius 2 is 1.87 bits per heavy atom. The van der Waals surface area contributed by atoms with Crippen LogP contribution in [0.5, 0.6) is 5.75 Å². The van der Waals surface area contributed by atoms with Gasteiger partial charge in [0.1, 0.15) is 5.75 Å². The average Bonchev–Trinajstić information content (AvgIpc) is 2.57. The SMILES string of the molecule is CCOc1ccc(NC(=O)C2CC(=O)c3ccccc3C2)cc1. The molecule has 4 nitrogen and oxygen atoms in total. The number of benzene rings is 2. The second kappa shape index (κ2) is 6.65. The molecule has 4 heteroatoms. The molecule has 23 heavy (non-hydrogen) atoms. The van der Waals surface area contributed by atoms with Gasteiger partial charge in [0.15, 0.2) is 5.78 Å². The number of nitrogens with one attached hydrogen (secondary N) is 1. The number of hydrogen-bond donors (Lipinski definition) is 1. The highest BCUT2D eigenvalue weighted by Crippen LogP contribution is 2.26. The number of ketones is 1. The summed E-state index contributed by atoms with van der Waals surface area (Å²) < 4.78 is 5.38. The number of Topliss-reactive ketones (excluding diaryl/α,β-unsaturated/α-hetero) is 1. The number of rotatable bonds is 4. The van der Waals surface area contributed by atoms with E-state index in [1.165, 1.54) is 0 Å². The number of hydrogen-bond acceptors (Lipinski definition) is 3. The van der Waals surface area contributed by atoms with Crippen LogP contribution in [0, 0.1) is 5.92 Å². The Morgan fingerprint density at radius 3 is 2.61 bits per heavy atom. The molecular formula is C19H19NO3. The van der Waals surface area contributed by atoms with E-state index in [1.807, 2.05) is 55.5 Å². The summed E-state index contributed by atoms with van der Waals surface area (Å²) in [5.41, 5.74) is 2.41. The lowest BCUT2D eigenvalue weighted by molar-refractivity contribution is -0.119. The smallest absolute Gasteiger partial charge is 0.228 e. The van der Waals surface area contributed by atoms with E-state index >= 15 is 0 Å². The topological polar surface area (TPSA) is 55.4 Å². The van der Waals surface area contributed by atoms with E-state index in [1.54, 1.807) is 0 Å². The summed E-state index contributed by atoms with van der Waals surface area (Å²) in [7, 11) is 0. The molecule has 0 bridgehead atoms. The zero-order chi connectivity index (χ0) is 16.2. The maximum absolute atomic E-state index is 12.4. The Balaban J connectivity index is 1.68. The molecule has 2 aromatic carbocycles. The van der Waals surface area contributed by atoms with Crippen molar-refractivity contribution >= 4 is 17.4 Å². The summed E-state index contributed by atoms with van der Waals surface area (Å²) >= 11 is 0. The molecule has 1 aliphatic carbocycles. The van der Waals surface area contributed by atoms with Gasteiger partial charge in [-0.3, -0.25) is 9.59 Å². The fraction of sp³-hybridized carbons (Fsp3) is 0.263. The van der Waals surface area contributed by atoms with Gasteiger partial charge in [0.25, 0.3) is 0 Å². The lowest BCUT2D eigenvalue weighted by atomic mass is 9.82. The van der Waals surface area contributed by atoms with Gasteiger partial charge < -0.3 is 10.1 Å². The minimum absolute atomic E-state index is 0.0405. The molecule has 0 saturated carbocycles. The first-order valence-electron chi connectivity index (χ1n) is 7.82. The lowest BCUT2D eigenvalue weighted by Crippen LogP contribution is -2.30. The third-order valence-corrected chi connectivity index (χ3v) is 4.02. The first-order chi connectivity index (χ1) is 11.2. The van der Waals surface area contributed by atoms with Gasteiger partial charge >= 0.3 is 0 Å². The molecule has 1 amide bonds. The van der Waals surface area contributed by atoms with E-state index in [4.69, 9.17) is 4.74 Å². The second-order valence-electron chi connectivity index (χ2n) is 5.63. The van der Waals surface area contributed by atoms with E-state index in [9.17, 15) is 9.59 Å². The van der Waals surface area contributed by atoms with E-state index in [-0.39, 0.29) is 24.0 Å². The fourth-order valence-corrected chi connectivity index (χ4v) is 2.87. The molecule has 0 fully saturated rings. The van der Waals surface area contributed by atoms with Gasteiger partial charge in [-0.1, -0.05) is 24.3 Å². The van der Waals surface area contributed by atoms with Crippen LogP contribution in [0.3, 0.4) is 0 Å². The molecule has 1 unspecified atom stereocenters. The van der Waals surface area contributed by atoms with Gasteiger partial charge in [-0.25, -0.2) is 0 Å². The van der Waals surface area contributed by atoms with Crippen LogP contribution in [0.2, 0.25) is 0 Å². The van der Waals surface area contributed by atoms with Crippen LogP contribution in [0.1, 0.15) is 29.3 Å². The van der Waals surface area contributed by atoms with Crippen molar-refractivity contribution in [2.75, 3.05) is 11.9 Å². The summed E-state index contributed by atoms with van der Waals surface area (Å²) in [6.07, 6.45) is 0.866. The maximum Gasteiger partial charge on any atom is 0.228 e. The monoisotopic (exact) mass is 309 g/mol. The highest BCUT2D eigenvalue weighted by Gasteiger charge is 2.29. The molecule has 1 atom stereocenters. The predicted molar refractivity (Wildman–Crippen MR) is 88.8 cm³/mol. The Kier molecular flexibility index (Phi) is 4.42. The first-order valence-corrected chi connectivity index (χ1v) is 7.82. The van der Waals surface area contributed by atoms with Crippen molar-refractivity contribution in [2.45, 2.75) is 19.8 Å². The van der Waals surface area contributed by atoms with Gasteiger partial charge in [-0.2, -0.15) is 0 Å². The van der Waals surface area contributed by atoms with Crippen molar-refractivity contribution < 1.29 is 14.3 Å². The maximum atomic E-state index is 12.4. The number of carbonyl (C=O) groups excluding carboxylic acids is 2. The normalized spacial score (nSPS) is 16.6. The van der Waals surface area contributed by atoms with Crippen LogP contribution in [-0.2, 0) is 11.2 Å². The lowest BCUT2D eigenvalue weighted by Gasteiger charge is -2.22. The Hall–Kier alpha value is -2.62. The second-order valence-corrected chi connectivity index (χ2v) is 5.63. The zero-order valence-electron chi connectivity index (χ0n) is 13.0. The summed E-state index contributed by atoms with van der Waals surface area (Å²) in [5, 5.41) is 2.89. The average molecular weight is 309 g/mol. The summed E-state index contributed by atoms with van der Waals surface area (Å²) in [4.78, 5) is 24.6. The van der Waals surface area contributed by atoms with E-state index in [0.717, 1.165) is 16.9 Å². The zero-order valence-corrected chi connectivity index (χ0v) is 13.0. The highest BCUT2D eigenvalue weighted by atomic mass is 16.5. The van der Waals surface area contributed by atoms with Gasteiger partial charge in [-0.05, 0) is 43.2 Å². The van der Waals surface area contributed by atoms with Gasteiger partial charge in [0.05, 0.1) is 6.61 Å². The quantitative estimate of drug-likeness (QED) is 0.941.